The molecule has 0 saturated carbocycles. The molecule has 0 aliphatic heterocycles. The summed E-state index contributed by atoms with van der Waals surface area (Å²) in [5.41, 5.74) is 3.83. The molecule has 1 heterocycles. The number of nitrogens with one attached hydrogen (secondary N) is 3. The number of urea groups is 1. The second-order valence-corrected chi connectivity index (χ2v) is 5.61. The van der Waals surface area contributed by atoms with E-state index in [0.29, 0.717) is 23.4 Å². The number of aromatic nitrogens is 1. The minimum absolute atomic E-state index is 0.197. The van der Waals surface area contributed by atoms with E-state index in [2.05, 4.69) is 51.6 Å². The Hall–Kier alpha value is -3.00. The minimum Gasteiger partial charge on any atom is -0.349 e. The van der Waals surface area contributed by atoms with Gasteiger partial charge in [0, 0.05) is 30.9 Å². The van der Waals surface area contributed by atoms with E-state index < -0.39 is 6.03 Å². The van der Waals surface area contributed by atoms with Crippen LogP contribution in [-0.2, 0) is 0 Å². The number of fused-ring (bicyclic) bond motifs is 1. The Morgan fingerprint density at radius 1 is 1.19 bits per heavy atom. The molecule has 8 nitrogen and oxygen atoms in total. The first-order chi connectivity index (χ1) is 12.6. The Morgan fingerprint density at radius 3 is 2.65 bits per heavy atom. The molecule has 0 aliphatic rings. The molecular formula is C18H24N6O2. The number of hydrazone groups is 1. The van der Waals surface area contributed by atoms with Crippen LogP contribution in [0, 0.1) is 0 Å². The Balaban J connectivity index is 2.03. The number of carbonyl (C=O) groups is 2. The van der Waals surface area contributed by atoms with Gasteiger partial charge in [0.1, 0.15) is 5.69 Å². The third kappa shape index (κ3) is 5.25. The highest BCUT2D eigenvalue weighted by Gasteiger charge is 2.09. The molecule has 1 aromatic carbocycles. The normalized spacial score (nSPS) is 10.6. The van der Waals surface area contributed by atoms with Gasteiger partial charge in [-0.25, -0.2) is 15.2 Å². The van der Waals surface area contributed by atoms with Gasteiger partial charge >= 0.3 is 6.03 Å². The van der Waals surface area contributed by atoms with Crippen LogP contribution in [-0.4, -0.2) is 54.7 Å². The van der Waals surface area contributed by atoms with Crippen molar-refractivity contribution in [3.8, 4) is 0 Å². The standard InChI is InChI=1S/C18H24N6O2/c1-4-24(5-2)11-10-20-17(25)16-8-6-13-12-14(7-9-15(13)22-16)21-18(26)23-19-3/h6-9,12H,3-5,10-11H2,1-2H3,(H,20,25)(H2,21,23,26). The van der Waals surface area contributed by atoms with Crippen LogP contribution >= 0.6 is 0 Å². The first-order valence-electron chi connectivity index (χ1n) is 8.51. The second kappa shape index (κ2) is 9.47. The highest BCUT2D eigenvalue weighted by molar-refractivity contribution is 5.96. The Bertz CT molecular complexity index is 788. The number of hydrogen-bond donors (Lipinski definition) is 3. The number of pyridine rings is 1. The van der Waals surface area contributed by atoms with Crippen molar-refractivity contribution < 1.29 is 9.59 Å². The van der Waals surface area contributed by atoms with Crippen LogP contribution in [0.1, 0.15) is 24.3 Å². The predicted molar refractivity (Wildman–Crippen MR) is 104 cm³/mol. The lowest BCUT2D eigenvalue weighted by atomic mass is 10.1. The summed E-state index contributed by atoms with van der Waals surface area (Å²) in [6, 6.07) is 8.23. The van der Waals surface area contributed by atoms with E-state index in [1.807, 2.05) is 0 Å². The number of anilines is 1. The van der Waals surface area contributed by atoms with Crippen LogP contribution in [0.5, 0.6) is 0 Å². The summed E-state index contributed by atoms with van der Waals surface area (Å²) >= 11 is 0. The SMILES string of the molecule is C=NNC(=O)Nc1ccc2nc(C(=O)NCCN(CC)CC)ccc2c1. The monoisotopic (exact) mass is 356 g/mol. The van der Waals surface area contributed by atoms with Gasteiger partial charge in [0.2, 0.25) is 0 Å². The molecule has 0 spiro atoms. The zero-order chi connectivity index (χ0) is 18.9. The first kappa shape index (κ1) is 19.3. The van der Waals surface area contributed by atoms with Gasteiger partial charge in [-0.05, 0) is 37.4 Å². The topological polar surface area (TPSA) is 98.7 Å². The summed E-state index contributed by atoms with van der Waals surface area (Å²) in [6.07, 6.45) is 0. The van der Waals surface area contributed by atoms with Gasteiger partial charge in [-0.1, -0.05) is 19.9 Å². The molecule has 1 aromatic heterocycles. The van der Waals surface area contributed by atoms with Crippen molar-refractivity contribution in [1.29, 1.82) is 0 Å². The zero-order valence-corrected chi connectivity index (χ0v) is 15.1. The average molecular weight is 356 g/mol. The number of hydrogen-bond acceptors (Lipinski definition) is 5. The molecule has 0 atom stereocenters. The summed E-state index contributed by atoms with van der Waals surface area (Å²) in [5, 5.41) is 9.63. The Morgan fingerprint density at radius 2 is 1.96 bits per heavy atom. The maximum Gasteiger partial charge on any atom is 0.339 e. The highest BCUT2D eigenvalue weighted by Crippen LogP contribution is 2.18. The molecular weight excluding hydrogens is 332 g/mol. The fourth-order valence-electron chi connectivity index (χ4n) is 2.52. The van der Waals surface area contributed by atoms with E-state index in [9.17, 15) is 9.59 Å². The van der Waals surface area contributed by atoms with E-state index in [4.69, 9.17) is 0 Å². The molecule has 0 saturated heterocycles. The average Bonchev–Trinajstić information content (AvgIpc) is 2.64. The van der Waals surface area contributed by atoms with Gasteiger partial charge < -0.3 is 15.5 Å². The Kier molecular flexibility index (Phi) is 7.04. The van der Waals surface area contributed by atoms with Crippen LogP contribution in [0.2, 0.25) is 0 Å². The summed E-state index contributed by atoms with van der Waals surface area (Å²) in [7, 11) is 0. The van der Waals surface area contributed by atoms with Crippen molar-refractivity contribution in [2.75, 3.05) is 31.5 Å². The molecule has 0 fully saturated rings. The lowest BCUT2D eigenvalue weighted by Gasteiger charge is -2.17. The molecule has 8 heteroatoms. The van der Waals surface area contributed by atoms with Crippen LogP contribution < -0.4 is 16.1 Å². The molecule has 2 rings (SSSR count). The third-order valence-corrected chi connectivity index (χ3v) is 3.97. The van der Waals surface area contributed by atoms with Gasteiger partial charge in [-0.2, -0.15) is 5.10 Å². The van der Waals surface area contributed by atoms with Crippen molar-refractivity contribution in [3.05, 3.63) is 36.0 Å². The minimum atomic E-state index is -0.475. The third-order valence-electron chi connectivity index (χ3n) is 3.97. The summed E-state index contributed by atoms with van der Waals surface area (Å²) < 4.78 is 0. The summed E-state index contributed by atoms with van der Waals surface area (Å²) in [4.78, 5) is 30.3. The van der Waals surface area contributed by atoms with E-state index in [0.717, 1.165) is 25.0 Å². The number of rotatable bonds is 8. The molecule has 3 N–H and O–H groups in total. The molecule has 3 amide bonds. The van der Waals surface area contributed by atoms with E-state index >= 15 is 0 Å². The molecule has 0 radical (unpaired) electrons. The molecule has 0 unspecified atom stereocenters. The summed E-state index contributed by atoms with van der Waals surface area (Å²) in [5.74, 6) is -0.197. The molecule has 2 aromatic rings. The van der Waals surface area contributed by atoms with Crippen LogP contribution in [0.25, 0.3) is 10.9 Å². The second-order valence-electron chi connectivity index (χ2n) is 5.61. The number of carbonyl (C=O) groups excluding carboxylic acids is 2. The Labute approximate surface area is 152 Å². The number of nitrogens with zero attached hydrogens (tertiary/aromatic N) is 3. The first-order valence-corrected chi connectivity index (χ1v) is 8.51. The van der Waals surface area contributed by atoms with Crippen molar-refractivity contribution in [2.45, 2.75) is 13.8 Å². The van der Waals surface area contributed by atoms with Crippen molar-refractivity contribution in [2.24, 2.45) is 5.10 Å². The number of benzene rings is 1. The highest BCUT2D eigenvalue weighted by atomic mass is 16.2. The van der Waals surface area contributed by atoms with Crippen molar-refractivity contribution in [1.82, 2.24) is 20.6 Å². The van der Waals surface area contributed by atoms with Crippen molar-refractivity contribution in [3.63, 3.8) is 0 Å². The van der Waals surface area contributed by atoms with Crippen LogP contribution in [0.4, 0.5) is 10.5 Å². The predicted octanol–water partition coefficient (Wildman–Crippen LogP) is 2.04. The van der Waals surface area contributed by atoms with E-state index in [-0.39, 0.29) is 5.91 Å². The van der Waals surface area contributed by atoms with Gasteiger partial charge in [-0.15, -0.1) is 0 Å². The van der Waals surface area contributed by atoms with Gasteiger partial charge in [-0.3, -0.25) is 4.79 Å². The molecule has 26 heavy (non-hydrogen) atoms. The van der Waals surface area contributed by atoms with Gasteiger partial charge in [0.15, 0.2) is 0 Å². The smallest absolute Gasteiger partial charge is 0.339 e. The largest absolute Gasteiger partial charge is 0.349 e. The van der Waals surface area contributed by atoms with Crippen LogP contribution in [0.15, 0.2) is 35.4 Å². The fourth-order valence-corrected chi connectivity index (χ4v) is 2.52. The number of amides is 3. The van der Waals surface area contributed by atoms with E-state index in [1.165, 1.54) is 0 Å². The lowest BCUT2D eigenvalue weighted by molar-refractivity contribution is 0.0944. The number of likely N-dealkylation sites (N-methyl/N-ethyl adjacent to an activating group) is 1. The molecule has 0 bridgehead atoms. The van der Waals surface area contributed by atoms with Gasteiger partial charge in [0.05, 0.1) is 5.52 Å². The lowest BCUT2D eigenvalue weighted by Crippen LogP contribution is -2.35. The van der Waals surface area contributed by atoms with Crippen molar-refractivity contribution >= 4 is 35.2 Å². The molecule has 0 aliphatic carbocycles. The maximum absolute atomic E-state index is 12.3. The fraction of sp³-hybridized carbons (Fsp3) is 0.333. The molecule has 138 valence electrons. The van der Waals surface area contributed by atoms with Gasteiger partial charge in [0.25, 0.3) is 5.91 Å². The maximum atomic E-state index is 12.3. The quantitative estimate of drug-likeness (QED) is 0.498. The summed E-state index contributed by atoms with van der Waals surface area (Å²) in [6.45, 7) is 10.7. The van der Waals surface area contributed by atoms with Crippen LogP contribution in [0.3, 0.4) is 0 Å². The van der Waals surface area contributed by atoms with E-state index in [1.54, 1.807) is 30.3 Å². The zero-order valence-electron chi connectivity index (χ0n) is 15.1.